The van der Waals surface area contributed by atoms with E-state index in [1.807, 2.05) is 0 Å². The monoisotopic (exact) mass is 279 g/mol. The molecule has 0 spiro atoms. The number of nitrogens with one attached hydrogen (secondary N) is 1. The van der Waals surface area contributed by atoms with Crippen LogP contribution >= 0.6 is 11.8 Å². The van der Waals surface area contributed by atoms with Crippen molar-refractivity contribution in [1.29, 1.82) is 0 Å². The summed E-state index contributed by atoms with van der Waals surface area (Å²) in [5.41, 5.74) is -1.12. The second kappa shape index (κ2) is 6.65. The van der Waals surface area contributed by atoms with E-state index in [0.29, 0.717) is 5.75 Å². The van der Waals surface area contributed by atoms with Crippen molar-refractivity contribution in [3.63, 3.8) is 0 Å². The van der Waals surface area contributed by atoms with Gasteiger partial charge in [-0.3, -0.25) is 4.79 Å². The van der Waals surface area contributed by atoms with Gasteiger partial charge in [0.1, 0.15) is 0 Å². The molecule has 0 radical (unpaired) electrons. The number of hydrogen-bond acceptors (Lipinski definition) is 3. The van der Waals surface area contributed by atoms with Crippen LogP contribution < -0.4 is 5.32 Å². The summed E-state index contributed by atoms with van der Waals surface area (Å²) in [6, 6.07) is 4.80. The summed E-state index contributed by atoms with van der Waals surface area (Å²) in [5.74, 6) is -0.147. The lowest BCUT2D eigenvalue weighted by molar-refractivity contribution is -0.137. The van der Waals surface area contributed by atoms with Crippen molar-refractivity contribution in [2.24, 2.45) is 0 Å². The van der Waals surface area contributed by atoms with Crippen molar-refractivity contribution >= 4 is 23.4 Å². The standard InChI is InChI=1S/C11H12F3NO2S/c12-11(13,14)8-3-1-2-4-9(8)15-10(17)7-18-6-5-16/h1-4,16H,5-7H2,(H,15,17). The number of carbonyl (C=O) groups excluding carboxylic acids is 1. The highest BCUT2D eigenvalue weighted by atomic mass is 32.2. The molecule has 0 unspecified atom stereocenters. The molecular formula is C11H12F3NO2S. The van der Waals surface area contributed by atoms with Gasteiger partial charge in [0.2, 0.25) is 5.91 Å². The van der Waals surface area contributed by atoms with Crippen LogP contribution in [0.3, 0.4) is 0 Å². The third-order valence-electron chi connectivity index (χ3n) is 1.98. The summed E-state index contributed by atoms with van der Waals surface area (Å²) in [5, 5.41) is 10.7. The number of aliphatic hydroxyl groups is 1. The Bertz CT molecular complexity index is 410. The summed E-state index contributed by atoms with van der Waals surface area (Å²) < 4.78 is 37.8. The van der Waals surface area contributed by atoms with E-state index >= 15 is 0 Å². The minimum Gasteiger partial charge on any atom is -0.396 e. The lowest BCUT2D eigenvalue weighted by atomic mass is 10.1. The summed E-state index contributed by atoms with van der Waals surface area (Å²) in [6.45, 7) is -0.0723. The predicted octanol–water partition coefficient (Wildman–Crippen LogP) is 2.37. The second-order valence-electron chi connectivity index (χ2n) is 3.37. The minimum absolute atomic E-state index is 0.00670. The number of thioether (sulfide) groups is 1. The summed E-state index contributed by atoms with van der Waals surface area (Å²) in [7, 11) is 0. The Kier molecular flexibility index (Phi) is 5.49. The van der Waals surface area contributed by atoms with E-state index in [4.69, 9.17) is 5.11 Å². The van der Waals surface area contributed by atoms with Gasteiger partial charge in [-0.2, -0.15) is 13.2 Å². The normalized spacial score (nSPS) is 11.3. The van der Waals surface area contributed by atoms with Crippen molar-refractivity contribution in [3.8, 4) is 0 Å². The van der Waals surface area contributed by atoms with Gasteiger partial charge >= 0.3 is 6.18 Å². The molecule has 0 fully saturated rings. The van der Waals surface area contributed by atoms with E-state index in [1.165, 1.54) is 18.2 Å². The smallest absolute Gasteiger partial charge is 0.396 e. The number of para-hydroxylation sites is 1. The van der Waals surface area contributed by atoms with E-state index in [9.17, 15) is 18.0 Å². The van der Waals surface area contributed by atoms with Crippen molar-refractivity contribution in [1.82, 2.24) is 0 Å². The number of aliphatic hydroxyl groups excluding tert-OH is 1. The number of hydrogen-bond donors (Lipinski definition) is 2. The van der Waals surface area contributed by atoms with Crippen LogP contribution in [0.5, 0.6) is 0 Å². The molecule has 0 aromatic heterocycles. The molecule has 0 saturated heterocycles. The first-order valence-corrected chi connectivity index (χ1v) is 6.25. The summed E-state index contributed by atoms with van der Waals surface area (Å²) >= 11 is 1.15. The Balaban J connectivity index is 2.70. The van der Waals surface area contributed by atoms with Crippen LogP contribution in [0.2, 0.25) is 0 Å². The topological polar surface area (TPSA) is 49.3 Å². The molecule has 0 aliphatic rings. The molecule has 1 aromatic rings. The molecule has 18 heavy (non-hydrogen) atoms. The molecule has 0 heterocycles. The van der Waals surface area contributed by atoms with Gasteiger partial charge in [0, 0.05) is 5.75 Å². The summed E-state index contributed by atoms with van der Waals surface area (Å²) in [6.07, 6.45) is -4.50. The van der Waals surface area contributed by atoms with Gasteiger partial charge in [-0.1, -0.05) is 12.1 Å². The van der Waals surface area contributed by atoms with Crippen molar-refractivity contribution in [3.05, 3.63) is 29.8 Å². The van der Waals surface area contributed by atoms with Gasteiger partial charge in [-0.25, -0.2) is 0 Å². The number of alkyl halides is 3. The van der Waals surface area contributed by atoms with Gasteiger partial charge in [-0.05, 0) is 12.1 Å². The average molecular weight is 279 g/mol. The molecule has 0 saturated carbocycles. The fourth-order valence-corrected chi connectivity index (χ4v) is 1.79. The van der Waals surface area contributed by atoms with Gasteiger partial charge in [0.15, 0.2) is 0 Å². The number of halogens is 3. The Morgan fingerprint density at radius 1 is 1.33 bits per heavy atom. The SMILES string of the molecule is O=C(CSCCO)Nc1ccccc1C(F)(F)F. The third-order valence-corrected chi connectivity index (χ3v) is 2.91. The van der Waals surface area contributed by atoms with E-state index in [0.717, 1.165) is 17.8 Å². The highest BCUT2D eigenvalue weighted by Gasteiger charge is 2.33. The molecule has 0 bridgehead atoms. The zero-order valence-electron chi connectivity index (χ0n) is 9.33. The van der Waals surface area contributed by atoms with Crippen molar-refractivity contribution < 1.29 is 23.1 Å². The van der Waals surface area contributed by atoms with Crippen LogP contribution in [0.1, 0.15) is 5.56 Å². The van der Waals surface area contributed by atoms with Crippen LogP contribution in [0.4, 0.5) is 18.9 Å². The maximum absolute atomic E-state index is 12.6. The molecule has 2 N–H and O–H groups in total. The van der Waals surface area contributed by atoms with Gasteiger partial charge in [0.25, 0.3) is 0 Å². The number of anilines is 1. The number of rotatable bonds is 5. The molecule has 0 aliphatic carbocycles. The quantitative estimate of drug-likeness (QED) is 0.814. The first-order valence-electron chi connectivity index (χ1n) is 5.10. The molecule has 3 nitrogen and oxygen atoms in total. The maximum atomic E-state index is 12.6. The zero-order chi connectivity index (χ0) is 13.6. The van der Waals surface area contributed by atoms with Crippen molar-refractivity contribution in [2.75, 3.05) is 23.4 Å². The molecule has 7 heteroatoms. The van der Waals surface area contributed by atoms with E-state index in [-0.39, 0.29) is 18.0 Å². The largest absolute Gasteiger partial charge is 0.418 e. The average Bonchev–Trinajstić information content (AvgIpc) is 2.28. The first-order chi connectivity index (χ1) is 8.45. The fourth-order valence-electron chi connectivity index (χ4n) is 1.26. The molecule has 0 atom stereocenters. The van der Waals surface area contributed by atoms with E-state index in [1.54, 1.807) is 0 Å². The molecule has 0 aliphatic heterocycles. The Labute approximate surface area is 106 Å². The van der Waals surface area contributed by atoms with E-state index in [2.05, 4.69) is 5.32 Å². The predicted molar refractivity (Wildman–Crippen MR) is 64.5 cm³/mol. The van der Waals surface area contributed by atoms with Crippen molar-refractivity contribution in [2.45, 2.75) is 6.18 Å². The molecular weight excluding hydrogens is 267 g/mol. The Hall–Kier alpha value is -1.21. The lowest BCUT2D eigenvalue weighted by Gasteiger charge is -2.13. The van der Waals surface area contributed by atoms with Gasteiger partial charge in [-0.15, -0.1) is 11.8 Å². The van der Waals surface area contributed by atoms with Crippen LogP contribution in [-0.4, -0.2) is 29.1 Å². The minimum atomic E-state index is -4.50. The Morgan fingerprint density at radius 3 is 2.61 bits per heavy atom. The highest BCUT2D eigenvalue weighted by Crippen LogP contribution is 2.34. The van der Waals surface area contributed by atoms with Crippen LogP contribution in [-0.2, 0) is 11.0 Å². The van der Waals surface area contributed by atoms with Gasteiger partial charge < -0.3 is 10.4 Å². The van der Waals surface area contributed by atoms with Crippen LogP contribution in [0.15, 0.2) is 24.3 Å². The number of benzene rings is 1. The second-order valence-corrected chi connectivity index (χ2v) is 4.47. The lowest BCUT2D eigenvalue weighted by Crippen LogP contribution is -2.18. The number of carbonyl (C=O) groups is 1. The third kappa shape index (κ3) is 4.58. The van der Waals surface area contributed by atoms with Gasteiger partial charge in [0.05, 0.1) is 23.6 Å². The fraction of sp³-hybridized carbons (Fsp3) is 0.364. The molecule has 1 rings (SSSR count). The van der Waals surface area contributed by atoms with Crippen LogP contribution in [0, 0.1) is 0 Å². The molecule has 100 valence electrons. The van der Waals surface area contributed by atoms with E-state index < -0.39 is 17.6 Å². The molecule has 1 aromatic carbocycles. The zero-order valence-corrected chi connectivity index (χ0v) is 10.1. The number of amides is 1. The summed E-state index contributed by atoms with van der Waals surface area (Å²) in [4.78, 5) is 11.4. The first kappa shape index (κ1) is 14.8. The van der Waals surface area contributed by atoms with Crippen LogP contribution in [0.25, 0.3) is 0 Å². The highest BCUT2D eigenvalue weighted by molar-refractivity contribution is 7.99. The Morgan fingerprint density at radius 2 is 2.00 bits per heavy atom. The molecule has 1 amide bonds. The maximum Gasteiger partial charge on any atom is 0.418 e.